The average Bonchev–Trinajstić information content (AvgIpc) is 2.29. The van der Waals surface area contributed by atoms with E-state index in [1.54, 1.807) is 19.1 Å². The Bertz CT molecular complexity index is 395. The van der Waals surface area contributed by atoms with Crippen molar-refractivity contribution in [3.8, 4) is 5.75 Å². The average molecular weight is 241 g/mol. The number of carbonyl (C=O) groups is 1. The standard InChI is InChI=1S/C12H16FNO3/c1-8(14-11(16)6-7-15)9-4-3-5-10(17-2)12(9)13/h3-5,8,15H,6-7H2,1-2H3,(H,14,16)/t8-/m1/s1. The minimum Gasteiger partial charge on any atom is -0.494 e. The van der Waals surface area contributed by atoms with Crippen molar-refractivity contribution >= 4 is 5.91 Å². The molecular formula is C12H16FNO3. The molecule has 0 aromatic heterocycles. The van der Waals surface area contributed by atoms with Crippen LogP contribution < -0.4 is 10.1 Å². The van der Waals surface area contributed by atoms with E-state index in [4.69, 9.17) is 9.84 Å². The number of hydrogen-bond donors (Lipinski definition) is 2. The van der Waals surface area contributed by atoms with E-state index in [-0.39, 0.29) is 24.7 Å². The number of halogens is 1. The molecule has 0 spiro atoms. The molecule has 0 unspecified atom stereocenters. The second kappa shape index (κ2) is 6.20. The van der Waals surface area contributed by atoms with Gasteiger partial charge in [0.05, 0.1) is 19.8 Å². The van der Waals surface area contributed by atoms with Crippen LogP contribution in [0.15, 0.2) is 18.2 Å². The third kappa shape index (κ3) is 3.42. The first-order valence-corrected chi connectivity index (χ1v) is 5.32. The third-order valence-electron chi connectivity index (χ3n) is 2.40. The van der Waals surface area contributed by atoms with Gasteiger partial charge in [-0.25, -0.2) is 4.39 Å². The van der Waals surface area contributed by atoms with Gasteiger partial charge in [0.2, 0.25) is 5.91 Å². The fourth-order valence-corrected chi connectivity index (χ4v) is 1.51. The van der Waals surface area contributed by atoms with E-state index in [2.05, 4.69) is 5.32 Å². The number of nitrogens with one attached hydrogen (secondary N) is 1. The van der Waals surface area contributed by atoms with Crippen LogP contribution in [0.5, 0.6) is 5.75 Å². The Labute approximate surface area is 99.4 Å². The number of methoxy groups -OCH3 is 1. The number of ether oxygens (including phenoxy) is 1. The van der Waals surface area contributed by atoms with Gasteiger partial charge in [-0.2, -0.15) is 0 Å². The summed E-state index contributed by atoms with van der Waals surface area (Å²) in [5.74, 6) is -0.653. The van der Waals surface area contributed by atoms with Crippen LogP contribution in [-0.2, 0) is 4.79 Å². The highest BCUT2D eigenvalue weighted by atomic mass is 19.1. The second-order valence-electron chi connectivity index (χ2n) is 3.63. The Balaban J connectivity index is 2.81. The fraction of sp³-hybridized carbons (Fsp3) is 0.417. The van der Waals surface area contributed by atoms with Crippen molar-refractivity contribution in [2.75, 3.05) is 13.7 Å². The molecule has 17 heavy (non-hydrogen) atoms. The normalized spacial score (nSPS) is 12.0. The molecule has 5 heteroatoms. The maximum atomic E-state index is 13.8. The molecule has 2 N–H and O–H groups in total. The monoisotopic (exact) mass is 241 g/mol. The Hall–Kier alpha value is -1.62. The van der Waals surface area contributed by atoms with Gasteiger partial charge in [-0.3, -0.25) is 4.79 Å². The van der Waals surface area contributed by atoms with E-state index in [9.17, 15) is 9.18 Å². The van der Waals surface area contributed by atoms with Crippen LogP contribution in [0.2, 0.25) is 0 Å². The van der Waals surface area contributed by atoms with Gasteiger partial charge in [-0.05, 0) is 13.0 Å². The molecule has 1 aromatic carbocycles. The zero-order valence-corrected chi connectivity index (χ0v) is 9.87. The largest absolute Gasteiger partial charge is 0.494 e. The Morgan fingerprint density at radius 2 is 2.29 bits per heavy atom. The Kier molecular flexibility index (Phi) is 4.90. The lowest BCUT2D eigenvalue weighted by Gasteiger charge is -2.16. The molecule has 1 amide bonds. The van der Waals surface area contributed by atoms with Crippen molar-refractivity contribution < 1.29 is 19.0 Å². The smallest absolute Gasteiger partial charge is 0.222 e. The van der Waals surface area contributed by atoms with Crippen LogP contribution in [0.4, 0.5) is 4.39 Å². The van der Waals surface area contributed by atoms with Crippen molar-refractivity contribution in [3.63, 3.8) is 0 Å². The minimum atomic E-state index is -0.480. The van der Waals surface area contributed by atoms with E-state index in [0.29, 0.717) is 5.56 Å². The minimum absolute atomic E-state index is 0.00985. The second-order valence-corrected chi connectivity index (χ2v) is 3.63. The first-order valence-electron chi connectivity index (χ1n) is 5.32. The molecule has 1 aromatic rings. The number of aliphatic hydroxyl groups is 1. The zero-order valence-electron chi connectivity index (χ0n) is 9.87. The number of carbonyl (C=O) groups excluding carboxylic acids is 1. The molecule has 0 aliphatic heterocycles. The van der Waals surface area contributed by atoms with Gasteiger partial charge in [-0.1, -0.05) is 12.1 Å². The third-order valence-corrected chi connectivity index (χ3v) is 2.40. The van der Waals surface area contributed by atoms with Gasteiger partial charge in [-0.15, -0.1) is 0 Å². The maximum Gasteiger partial charge on any atom is 0.222 e. The number of amides is 1. The zero-order chi connectivity index (χ0) is 12.8. The lowest BCUT2D eigenvalue weighted by atomic mass is 10.1. The number of hydrogen-bond acceptors (Lipinski definition) is 3. The van der Waals surface area contributed by atoms with Gasteiger partial charge < -0.3 is 15.2 Å². The first kappa shape index (κ1) is 13.4. The topological polar surface area (TPSA) is 58.6 Å². The molecule has 0 fully saturated rings. The van der Waals surface area contributed by atoms with Crippen LogP contribution in [0, 0.1) is 5.82 Å². The van der Waals surface area contributed by atoms with Crippen LogP contribution in [0.1, 0.15) is 24.9 Å². The van der Waals surface area contributed by atoms with Crippen LogP contribution in [0.25, 0.3) is 0 Å². The molecule has 0 saturated heterocycles. The molecule has 4 nitrogen and oxygen atoms in total. The number of aliphatic hydroxyl groups excluding tert-OH is 1. The van der Waals surface area contributed by atoms with E-state index in [1.807, 2.05) is 0 Å². The predicted molar refractivity (Wildman–Crippen MR) is 61.2 cm³/mol. The molecule has 0 aliphatic carbocycles. The number of benzene rings is 1. The van der Waals surface area contributed by atoms with E-state index in [1.165, 1.54) is 13.2 Å². The van der Waals surface area contributed by atoms with Crippen molar-refractivity contribution in [1.29, 1.82) is 0 Å². The quantitative estimate of drug-likeness (QED) is 0.819. The summed E-state index contributed by atoms with van der Waals surface area (Å²) in [4.78, 5) is 11.3. The molecule has 0 radical (unpaired) electrons. The van der Waals surface area contributed by atoms with Crippen LogP contribution in [0.3, 0.4) is 0 Å². The van der Waals surface area contributed by atoms with Crippen molar-refractivity contribution in [1.82, 2.24) is 5.32 Å². The van der Waals surface area contributed by atoms with Crippen LogP contribution >= 0.6 is 0 Å². The van der Waals surface area contributed by atoms with Gasteiger partial charge >= 0.3 is 0 Å². The molecule has 1 rings (SSSR count). The first-order chi connectivity index (χ1) is 8.10. The Morgan fingerprint density at radius 1 is 1.59 bits per heavy atom. The van der Waals surface area contributed by atoms with Crippen molar-refractivity contribution in [3.05, 3.63) is 29.6 Å². The predicted octanol–water partition coefficient (Wildman–Crippen LogP) is 1.39. The fourth-order valence-electron chi connectivity index (χ4n) is 1.51. The lowest BCUT2D eigenvalue weighted by Crippen LogP contribution is -2.27. The molecule has 0 saturated carbocycles. The maximum absolute atomic E-state index is 13.8. The van der Waals surface area contributed by atoms with Crippen molar-refractivity contribution in [2.45, 2.75) is 19.4 Å². The summed E-state index contributed by atoms with van der Waals surface area (Å²) >= 11 is 0. The molecular weight excluding hydrogens is 225 g/mol. The van der Waals surface area contributed by atoms with Crippen molar-refractivity contribution in [2.24, 2.45) is 0 Å². The lowest BCUT2D eigenvalue weighted by molar-refractivity contribution is -0.122. The molecule has 0 aliphatic rings. The molecule has 94 valence electrons. The summed E-state index contributed by atoms with van der Waals surface area (Å²) in [6, 6.07) is 4.29. The van der Waals surface area contributed by atoms with Gasteiger partial charge in [0.1, 0.15) is 0 Å². The van der Waals surface area contributed by atoms with Crippen LogP contribution in [-0.4, -0.2) is 24.7 Å². The summed E-state index contributed by atoms with van der Waals surface area (Å²) in [5.41, 5.74) is 0.357. The van der Waals surface area contributed by atoms with Gasteiger partial charge in [0.25, 0.3) is 0 Å². The van der Waals surface area contributed by atoms with Gasteiger partial charge in [0, 0.05) is 12.0 Å². The molecule has 1 atom stereocenters. The summed E-state index contributed by atoms with van der Waals surface area (Å²) in [5, 5.41) is 11.2. The SMILES string of the molecule is COc1cccc([C@@H](C)NC(=O)CCO)c1F. The summed E-state index contributed by atoms with van der Waals surface area (Å²) in [6.07, 6.45) is 0.00985. The summed E-state index contributed by atoms with van der Waals surface area (Å²) < 4.78 is 18.7. The summed E-state index contributed by atoms with van der Waals surface area (Å²) in [7, 11) is 1.39. The number of rotatable bonds is 5. The Morgan fingerprint density at radius 3 is 2.88 bits per heavy atom. The van der Waals surface area contributed by atoms with E-state index >= 15 is 0 Å². The van der Waals surface area contributed by atoms with Gasteiger partial charge in [0.15, 0.2) is 11.6 Å². The highest BCUT2D eigenvalue weighted by molar-refractivity contribution is 5.76. The highest BCUT2D eigenvalue weighted by Crippen LogP contribution is 2.24. The molecule has 0 heterocycles. The summed E-state index contributed by atoms with van der Waals surface area (Å²) in [6.45, 7) is 1.45. The highest BCUT2D eigenvalue weighted by Gasteiger charge is 2.16. The molecule has 0 bridgehead atoms. The van der Waals surface area contributed by atoms with E-state index in [0.717, 1.165) is 0 Å². The van der Waals surface area contributed by atoms with E-state index < -0.39 is 11.9 Å².